The van der Waals surface area contributed by atoms with Crippen molar-refractivity contribution in [3.8, 4) is 11.5 Å². The van der Waals surface area contributed by atoms with Crippen LogP contribution < -0.4 is 20.1 Å². The molecule has 1 saturated heterocycles. The van der Waals surface area contributed by atoms with Crippen LogP contribution in [-0.4, -0.2) is 57.3 Å². The molecule has 6 nitrogen and oxygen atoms in total. The van der Waals surface area contributed by atoms with Crippen LogP contribution in [0.3, 0.4) is 0 Å². The number of hydrogen-bond acceptors (Lipinski definition) is 4. The largest absolute Gasteiger partial charge is 0.493 e. The van der Waals surface area contributed by atoms with Crippen LogP contribution in [0.1, 0.15) is 26.3 Å². The van der Waals surface area contributed by atoms with E-state index in [0.29, 0.717) is 24.5 Å². The smallest absolute Gasteiger partial charge is 0.191 e. The lowest BCUT2D eigenvalue weighted by molar-refractivity contribution is 0.265. The van der Waals surface area contributed by atoms with Gasteiger partial charge in [0.2, 0.25) is 0 Å². The Hall–Kier alpha value is -1.95. The monoisotopic (exact) mass is 348 g/mol. The van der Waals surface area contributed by atoms with E-state index in [4.69, 9.17) is 9.47 Å². The van der Waals surface area contributed by atoms with Gasteiger partial charge in [0.25, 0.3) is 0 Å². The van der Waals surface area contributed by atoms with Crippen LogP contribution >= 0.6 is 0 Å². The van der Waals surface area contributed by atoms with Crippen molar-refractivity contribution >= 4 is 5.96 Å². The molecule has 1 aromatic rings. The van der Waals surface area contributed by atoms with E-state index in [9.17, 15) is 0 Å². The summed E-state index contributed by atoms with van der Waals surface area (Å²) in [6.45, 7) is 9.57. The predicted molar refractivity (Wildman–Crippen MR) is 103 cm³/mol. The molecular weight excluding hydrogens is 316 g/mol. The second-order valence-electron chi connectivity index (χ2n) is 6.85. The third-order valence-corrected chi connectivity index (χ3v) is 4.85. The zero-order valence-electron chi connectivity index (χ0n) is 16.3. The highest BCUT2D eigenvalue weighted by Gasteiger charge is 2.31. The van der Waals surface area contributed by atoms with Crippen LogP contribution in [0.5, 0.6) is 11.5 Å². The third kappa shape index (κ3) is 4.78. The van der Waals surface area contributed by atoms with E-state index in [1.54, 1.807) is 21.3 Å². The maximum Gasteiger partial charge on any atom is 0.191 e. The normalized spacial score (nSPS) is 21.5. The molecule has 1 aliphatic heterocycles. The molecule has 0 aromatic heterocycles. The molecule has 0 radical (unpaired) electrons. The quantitative estimate of drug-likeness (QED) is 0.609. The van der Waals surface area contributed by atoms with E-state index in [-0.39, 0.29) is 0 Å². The van der Waals surface area contributed by atoms with Gasteiger partial charge in [0.15, 0.2) is 17.5 Å². The number of methoxy groups -OCH3 is 2. The first-order chi connectivity index (χ1) is 12.0. The van der Waals surface area contributed by atoms with E-state index < -0.39 is 0 Å². The number of ether oxygens (including phenoxy) is 2. The Morgan fingerprint density at radius 1 is 1.28 bits per heavy atom. The van der Waals surface area contributed by atoms with Crippen LogP contribution in [-0.2, 0) is 6.54 Å². The van der Waals surface area contributed by atoms with Gasteiger partial charge in [-0.15, -0.1) is 0 Å². The minimum atomic E-state index is 0.404. The average Bonchev–Trinajstić information content (AvgIpc) is 2.98. The van der Waals surface area contributed by atoms with Crippen molar-refractivity contribution in [1.82, 2.24) is 15.5 Å². The first kappa shape index (κ1) is 19.4. The molecule has 1 aromatic carbocycles. The number of aliphatic imine (C=N–C) groups is 1. The molecule has 6 heteroatoms. The van der Waals surface area contributed by atoms with Crippen molar-refractivity contribution in [1.29, 1.82) is 0 Å². The fraction of sp³-hybridized carbons (Fsp3) is 0.632. The molecule has 2 N–H and O–H groups in total. The van der Waals surface area contributed by atoms with E-state index in [0.717, 1.165) is 36.1 Å². The van der Waals surface area contributed by atoms with Gasteiger partial charge in [0.05, 0.1) is 14.2 Å². The molecule has 0 aliphatic carbocycles. The molecule has 0 saturated carbocycles. The number of hydrogen-bond donors (Lipinski definition) is 2. The molecule has 0 bridgehead atoms. The van der Waals surface area contributed by atoms with Gasteiger partial charge in [0.1, 0.15) is 0 Å². The molecule has 140 valence electrons. The molecule has 2 rings (SSSR count). The zero-order chi connectivity index (χ0) is 18.4. The summed E-state index contributed by atoms with van der Waals surface area (Å²) in [6, 6.07) is 6.87. The average molecular weight is 348 g/mol. The SMILES string of the molecule is CN=C(NCc1cccc(OC)c1OC)NC1CN(C(C)C)CC1C. The number of guanidine groups is 1. The summed E-state index contributed by atoms with van der Waals surface area (Å²) >= 11 is 0. The summed E-state index contributed by atoms with van der Waals surface area (Å²) in [6.07, 6.45) is 0. The van der Waals surface area contributed by atoms with Crippen molar-refractivity contribution in [3.05, 3.63) is 23.8 Å². The third-order valence-electron chi connectivity index (χ3n) is 4.85. The van der Waals surface area contributed by atoms with Gasteiger partial charge in [-0.25, -0.2) is 0 Å². The van der Waals surface area contributed by atoms with E-state index >= 15 is 0 Å². The van der Waals surface area contributed by atoms with Crippen molar-refractivity contribution in [2.24, 2.45) is 10.9 Å². The molecule has 2 atom stereocenters. The van der Waals surface area contributed by atoms with Gasteiger partial charge in [0, 0.05) is 44.3 Å². The Kier molecular flexibility index (Phi) is 6.93. The first-order valence-electron chi connectivity index (χ1n) is 8.91. The molecule has 0 amide bonds. The summed E-state index contributed by atoms with van der Waals surface area (Å²) in [5, 5.41) is 6.95. The lowest BCUT2D eigenvalue weighted by Crippen LogP contribution is -2.46. The Balaban J connectivity index is 1.98. The summed E-state index contributed by atoms with van der Waals surface area (Å²) in [5.41, 5.74) is 1.04. The lowest BCUT2D eigenvalue weighted by atomic mass is 10.1. The van der Waals surface area contributed by atoms with E-state index in [1.165, 1.54) is 0 Å². The molecule has 25 heavy (non-hydrogen) atoms. The molecule has 2 unspecified atom stereocenters. The molecule has 1 aliphatic rings. The number of nitrogens with one attached hydrogen (secondary N) is 2. The fourth-order valence-corrected chi connectivity index (χ4v) is 3.26. The van der Waals surface area contributed by atoms with Crippen molar-refractivity contribution in [3.63, 3.8) is 0 Å². The fourth-order valence-electron chi connectivity index (χ4n) is 3.26. The minimum absolute atomic E-state index is 0.404. The first-order valence-corrected chi connectivity index (χ1v) is 8.91. The second-order valence-corrected chi connectivity index (χ2v) is 6.85. The van der Waals surface area contributed by atoms with Crippen LogP contribution in [0.25, 0.3) is 0 Å². The molecule has 1 fully saturated rings. The number of nitrogens with zero attached hydrogens (tertiary/aromatic N) is 2. The Bertz CT molecular complexity index is 589. The summed E-state index contributed by atoms with van der Waals surface area (Å²) in [4.78, 5) is 6.87. The highest BCUT2D eigenvalue weighted by atomic mass is 16.5. The van der Waals surface area contributed by atoms with Crippen molar-refractivity contribution < 1.29 is 9.47 Å². The maximum atomic E-state index is 5.49. The highest BCUT2D eigenvalue weighted by Crippen LogP contribution is 2.30. The molecular formula is C19H32N4O2. The maximum absolute atomic E-state index is 5.49. The van der Waals surface area contributed by atoms with Gasteiger partial charge < -0.3 is 20.1 Å². The number of para-hydroxylation sites is 1. The Labute approximate surface area is 151 Å². The number of benzene rings is 1. The summed E-state index contributed by atoms with van der Waals surface area (Å²) in [5.74, 6) is 2.90. The molecule has 1 heterocycles. The highest BCUT2D eigenvalue weighted by molar-refractivity contribution is 5.80. The Morgan fingerprint density at radius 3 is 2.60 bits per heavy atom. The second kappa shape index (κ2) is 8.94. The standard InChI is InChI=1S/C19H32N4O2/c1-13(2)23-11-14(3)16(12-23)22-19(20-4)21-10-15-8-7-9-17(24-5)18(15)25-6/h7-9,13-14,16H,10-12H2,1-6H3,(H2,20,21,22). The van der Waals surface area contributed by atoms with Gasteiger partial charge in [-0.1, -0.05) is 19.1 Å². The zero-order valence-corrected chi connectivity index (χ0v) is 16.3. The molecule has 0 spiro atoms. The van der Waals surface area contributed by atoms with E-state index in [2.05, 4.69) is 41.3 Å². The lowest BCUT2D eigenvalue weighted by Gasteiger charge is -2.22. The number of rotatable bonds is 6. The van der Waals surface area contributed by atoms with Gasteiger partial charge in [-0.3, -0.25) is 9.89 Å². The van der Waals surface area contributed by atoms with Crippen LogP contribution in [0.15, 0.2) is 23.2 Å². The van der Waals surface area contributed by atoms with Crippen molar-refractivity contribution in [2.75, 3.05) is 34.4 Å². The minimum Gasteiger partial charge on any atom is -0.493 e. The van der Waals surface area contributed by atoms with Gasteiger partial charge in [-0.05, 0) is 25.8 Å². The topological polar surface area (TPSA) is 58.1 Å². The number of likely N-dealkylation sites (tertiary alicyclic amines) is 1. The summed E-state index contributed by atoms with van der Waals surface area (Å²) in [7, 11) is 5.12. The Morgan fingerprint density at radius 2 is 2.04 bits per heavy atom. The van der Waals surface area contributed by atoms with Crippen LogP contribution in [0.4, 0.5) is 0 Å². The van der Waals surface area contributed by atoms with Crippen LogP contribution in [0.2, 0.25) is 0 Å². The van der Waals surface area contributed by atoms with Crippen molar-refractivity contribution in [2.45, 2.75) is 39.4 Å². The van der Waals surface area contributed by atoms with E-state index in [1.807, 2.05) is 18.2 Å². The predicted octanol–water partition coefficient (Wildman–Crippen LogP) is 2.10. The van der Waals surface area contributed by atoms with Gasteiger partial charge >= 0.3 is 0 Å². The summed E-state index contributed by atoms with van der Waals surface area (Å²) < 4.78 is 10.9. The van der Waals surface area contributed by atoms with Crippen LogP contribution in [0, 0.1) is 5.92 Å². The van der Waals surface area contributed by atoms with Gasteiger partial charge in [-0.2, -0.15) is 0 Å².